The molecule has 118 valence electrons. The van der Waals surface area contributed by atoms with Gasteiger partial charge in [-0.25, -0.2) is 0 Å². The van der Waals surface area contributed by atoms with E-state index in [-0.39, 0.29) is 19.4 Å². The molecule has 1 saturated heterocycles. The number of hydrogen-bond donors (Lipinski definition) is 4. The molecule has 1 rings (SSSR count). The largest absolute Gasteiger partial charge is 0.481 e. The minimum Gasteiger partial charge on any atom is -0.481 e. The van der Waals surface area contributed by atoms with Crippen molar-refractivity contribution in [3.8, 4) is 0 Å². The maximum Gasteiger partial charge on any atom is 0.312 e. The van der Waals surface area contributed by atoms with Crippen LogP contribution in [0.2, 0.25) is 0 Å². The quantitative estimate of drug-likeness (QED) is 0.468. The van der Waals surface area contributed by atoms with E-state index in [1.165, 1.54) is 6.92 Å². The summed E-state index contributed by atoms with van der Waals surface area (Å²) in [5.41, 5.74) is 0. The normalized spacial score (nSPS) is 25.7. The Hall–Kier alpha value is -0.730. The second-order valence-electron chi connectivity index (χ2n) is 5.26. The predicted octanol–water partition coefficient (Wildman–Crippen LogP) is 0.0723. The standard InChI is InChI=1S/C13H24O7/c1-13(18,20-11-4-2-3-7-19-11)10(12(16)17)8-9(15)5-6-14/h9-11,14-15,18H,2-8H2,1H3,(H,16,17). The fourth-order valence-corrected chi connectivity index (χ4v) is 2.24. The molecule has 0 saturated carbocycles. The molecule has 1 heterocycles. The summed E-state index contributed by atoms with van der Waals surface area (Å²) >= 11 is 0. The SMILES string of the molecule is CC(O)(OC1CCCCO1)C(CC(O)CCO)C(=O)O. The molecule has 4 N–H and O–H groups in total. The number of carbonyl (C=O) groups is 1. The number of aliphatic hydroxyl groups is 3. The molecule has 1 fully saturated rings. The Balaban J connectivity index is 2.64. The van der Waals surface area contributed by atoms with Crippen LogP contribution in [0.3, 0.4) is 0 Å². The third-order valence-electron chi connectivity index (χ3n) is 3.42. The molecule has 4 atom stereocenters. The first-order chi connectivity index (χ1) is 9.36. The zero-order chi connectivity index (χ0) is 15.2. The van der Waals surface area contributed by atoms with Crippen molar-refractivity contribution in [3.05, 3.63) is 0 Å². The molecule has 7 nitrogen and oxygen atoms in total. The highest BCUT2D eigenvalue weighted by Gasteiger charge is 2.42. The summed E-state index contributed by atoms with van der Waals surface area (Å²) in [6.45, 7) is 1.53. The summed E-state index contributed by atoms with van der Waals surface area (Å²) in [7, 11) is 0. The minimum atomic E-state index is -1.94. The van der Waals surface area contributed by atoms with Crippen molar-refractivity contribution >= 4 is 5.97 Å². The van der Waals surface area contributed by atoms with Crippen molar-refractivity contribution in [1.82, 2.24) is 0 Å². The van der Waals surface area contributed by atoms with E-state index in [0.717, 1.165) is 12.8 Å². The molecule has 0 radical (unpaired) electrons. The molecule has 0 aromatic carbocycles. The Labute approximate surface area is 118 Å². The van der Waals surface area contributed by atoms with Crippen LogP contribution < -0.4 is 0 Å². The molecule has 4 unspecified atom stereocenters. The monoisotopic (exact) mass is 292 g/mol. The number of ether oxygens (including phenoxy) is 2. The van der Waals surface area contributed by atoms with Gasteiger partial charge in [0.2, 0.25) is 0 Å². The number of aliphatic hydroxyl groups excluding tert-OH is 2. The number of carboxylic acid groups (broad SMARTS) is 1. The first-order valence-corrected chi connectivity index (χ1v) is 6.90. The van der Waals surface area contributed by atoms with Crippen LogP contribution in [-0.4, -0.2) is 57.8 Å². The fraction of sp³-hybridized carbons (Fsp3) is 0.923. The van der Waals surface area contributed by atoms with Crippen molar-refractivity contribution in [2.75, 3.05) is 13.2 Å². The summed E-state index contributed by atoms with van der Waals surface area (Å²) in [6.07, 6.45) is 0.626. The van der Waals surface area contributed by atoms with Gasteiger partial charge in [-0.3, -0.25) is 4.79 Å². The highest BCUT2D eigenvalue weighted by molar-refractivity contribution is 5.71. The van der Waals surface area contributed by atoms with Crippen LogP contribution in [0, 0.1) is 5.92 Å². The third-order valence-corrected chi connectivity index (χ3v) is 3.42. The lowest BCUT2D eigenvalue weighted by atomic mass is 9.92. The van der Waals surface area contributed by atoms with E-state index in [1.54, 1.807) is 0 Å². The fourth-order valence-electron chi connectivity index (χ4n) is 2.24. The Morgan fingerprint density at radius 3 is 2.70 bits per heavy atom. The molecule has 1 aliphatic heterocycles. The van der Waals surface area contributed by atoms with Gasteiger partial charge in [-0.05, 0) is 39.0 Å². The lowest BCUT2D eigenvalue weighted by Gasteiger charge is -2.35. The molecule has 0 bridgehead atoms. The maximum atomic E-state index is 11.3. The van der Waals surface area contributed by atoms with Gasteiger partial charge in [0.25, 0.3) is 0 Å². The van der Waals surface area contributed by atoms with Crippen LogP contribution >= 0.6 is 0 Å². The van der Waals surface area contributed by atoms with Crippen molar-refractivity contribution in [2.24, 2.45) is 5.92 Å². The number of hydrogen-bond acceptors (Lipinski definition) is 6. The van der Waals surface area contributed by atoms with Crippen LogP contribution in [0.25, 0.3) is 0 Å². The first-order valence-electron chi connectivity index (χ1n) is 6.90. The van der Waals surface area contributed by atoms with E-state index in [9.17, 15) is 20.1 Å². The van der Waals surface area contributed by atoms with Gasteiger partial charge in [-0.1, -0.05) is 0 Å². The van der Waals surface area contributed by atoms with Gasteiger partial charge in [0.15, 0.2) is 12.1 Å². The van der Waals surface area contributed by atoms with E-state index < -0.39 is 30.1 Å². The van der Waals surface area contributed by atoms with Gasteiger partial charge in [-0.15, -0.1) is 0 Å². The minimum absolute atomic E-state index is 0.0553. The van der Waals surface area contributed by atoms with E-state index in [4.69, 9.17) is 14.6 Å². The number of aliphatic carboxylic acids is 1. The zero-order valence-corrected chi connectivity index (χ0v) is 11.7. The molecule has 7 heteroatoms. The van der Waals surface area contributed by atoms with Crippen LogP contribution in [0.5, 0.6) is 0 Å². The van der Waals surface area contributed by atoms with Crippen molar-refractivity contribution in [3.63, 3.8) is 0 Å². The Morgan fingerprint density at radius 1 is 1.50 bits per heavy atom. The molecule has 0 aliphatic carbocycles. The zero-order valence-electron chi connectivity index (χ0n) is 11.7. The van der Waals surface area contributed by atoms with E-state index in [1.807, 2.05) is 0 Å². The lowest BCUT2D eigenvalue weighted by molar-refractivity contribution is -0.310. The summed E-state index contributed by atoms with van der Waals surface area (Å²) in [6, 6.07) is 0. The second kappa shape index (κ2) is 7.90. The van der Waals surface area contributed by atoms with Crippen LogP contribution in [0.15, 0.2) is 0 Å². The van der Waals surface area contributed by atoms with E-state index in [0.29, 0.717) is 13.0 Å². The van der Waals surface area contributed by atoms with E-state index in [2.05, 4.69) is 0 Å². The topological polar surface area (TPSA) is 116 Å². The van der Waals surface area contributed by atoms with E-state index >= 15 is 0 Å². The summed E-state index contributed by atoms with van der Waals surface area (Å²) in [4.78, 5) is 11.3. The van der Waals surface area contributed by atoms with Gasteiger partial charge in [0, 0.05) is 13.2 Å². The Bertz CT molecular complexity index is 299. The van der Waals surface area contributed by atoms with Gasteiger partial charge in [0.1, 0.15) is 5.92 Å². The molecule has 20 heavy (non-hydrogen) atoms. The highest BCUT2D eigenvalue weighted by atomic mass is 16.7. The smallest absolute Gasteiger partial charge is 0.312 e. The molecular weight excluding hydrogens is 268 g/mol. The van der Waals surface area contributed by atoms with Gasteiger partial charge >= 0.3 is 5.97 Å². The lowest BCUT2D eigenvalue weighted by Crippen LogP contribution is -2.47. The van der Waals surface area contributed by atoms with Crippen LogP contribution in [-0.2, 0) is 14.3 Å². The average Bonchev–Trinajstić information content (AvgIpc) is 2.36. The van der Waals surface area contributed by atoms with Crippen molar-refractivity contribution in [2.45, 2.75) is 57.2 Å². The van der Waals surface area contributed by atoms with Crippen LogP contribution in [0.4, 0.5) is 0 Å². The average molecular weight is 292 g/mol. The summed E-state index contributed by atoms with van der Waals surface area (Å²) in [5.74, 6) is -4.50. The Morgan fingerprint density at radius 2 is 2.20 bits per heavy atom. The number of carboxylic acids is 1. The van der Waals surface area contributed by atoms with Gasteiger partial charge < -0.3 is 29.9 Å². The molecular formula is C13H24O7. The van der Waals surface area contributed by atoms with Crippen molar-refractivity contribution in [1.29, 1.82) is 0 Å². The Kier molecular flexibility index (Phi) is 6.84. The molecule has 0 spiro atoms. The third kappa shape index (κ3) is 5.34. The predicted molar refractivity (Wildman–Crippen MR) is 68.8 cm³/mol. The highest BCUT2D eigenvalue weighted by Crippen LogP contribution is 2.28. The molecule has 0 aromatic rings. The summed E-state index contributed by atoms with van der Waals surface area (Å²) in [5, 5.41) is 37.8. The molecule has 0 aromatic heterocycles. The summed E-state index contributed by atoms with van der Waals surface area (Å²) < 4.78 is 10.7. The molecule has 1 aliphatic rings. The molecule has 0 amide bonds. The first kappa shape index (κ1) is 17.3. The van der Waals surface area contributed by atoms with Gasteiger partial charge in [-0.2, -0.15) is 0 Å². The number of rotatable bonds is 8. The second-order valence-corrected chi connectivity index (χ2v) is 5.26. The maximum absolute atomic E-state index is 11.3. The van der Waals surface area contributed by atoms with Crippen molar-refractivity contribution < 1.29 is 34.7 Å². The van der Waals surface area contributed by atoms with Gasteiger partial charge in [0.05, 0.1) is 6.10 Å². The van der Waals surface area contributed by atoms with Crippen LogP contribution in [0.1, 0.15) is 39.0 Å².